The van der Waals surface area contributed by atoms with E-state index in [1.54, 1.807) is 0 Å². The molecule has 0 aliphatic carbocycles. The number of fused-ring (bicyclic) bond motifs is 1. The molecule has 1 aliphatic heterocycles. The van der Waals surface area contributed by atoms with E-state index in [2.05, 4.69) is 43.0 Å². The van der Waals surface area contributed by atoms with Gasteiger partial charge in [0.2, 0.25) is 5.91 Å². The zero-order chi connectivity index (χ0) is 29.3. The molecule has 210 valence electrons. The monoisotopic (exact) mass is 551 g/mol. The number of carboxylic acids is 2. The highest BCUT2D eigenvalue weighted by molar-refractivity contribution is 5.79. The molecule has 1 amide bonds. The predicted octanol–water partition coefficient (Wildman–Crippen LogP) is 3.85. The fourth-order valence-electron chi connectivity index (χ4n) is 3.25. The van der Waals surface area contributed by atoms with E-state index in [9.17, 15) is 31.1 Å². The highest BCUT2D eigenvalue weighted by Gasteiger charge is 2.38. The van der Waals surface area contributed by atoms with Gasteiger partial charge in [0.25, 0.3) is 0 Å². The van der Waals surface area contributed by atoms with Crippen molar-refractivity contribution in [3.05, 3.63) is 64.5 Å². The number of amides is 1. The molecular weight excluding hydrogens is 524 g/mol. The van der Waals surface area contributed by atoms with Gasteiger partial charge in [-0.25, -0.2) is 9.59 Å². The standard InChI is InChI=1S/C20H25N3O.2C2HF3O2/c1-15-4-6-16(7-5-15)10-20(24)23-9-8-19-17(13-22(2)3)11-21-12-18(19)14-23;2*3-2(4,5)1(6)7/h4-7,11-12H,8-10,13-14H2,1-3H3;2*(H,6,7). The second-order valence-electron chi connectivity index (χ2n) is 8.51. The van der Waals surface area contributed by atoms with Crippen LogP contribution in [0.3, 0.4) is 0 Å². The number of hydrogen-bond acceptors (Lipinski definition) is 5. The molecule has 0 saturated carbocycles. The number of benzene rings is 1. The predicted molar refractivity (Wildman–Crippen MR) is 123 cm³/mol. The van der Waals surface area contributed by atoms with Gasteiger partial charge in [0.05, 0.1) is 6.42 Å². The van der Waals surface area contributed by atoms with Crippen LogP contribution >= 0.6 is 0 Å². The Hall–Kier alpha value is -3.68. The zero-order valence-electron chi connectivity index (χ0n) is 20.7. The van der Waals surface area contributed by atoms with Crippen LogP contribution in [0.1, 0.15) is 27.8 Å². The number of aliphatic carboxylic acids is 2. The molecule has 38 heavy (non-hydrogen) atoms. The van der Waals surface area contributed by atoms with Crippen molar-refractivity contribution in [2.24, 2.45) is 0 Å². The van der Waals surface area contributed by atoms with Crippen LogP contribution in [0.25, 0.3) is 0 Å². The highest BCUT2D eigenvalue weighted by Crippen LogP contribution is 2.23. The molecule has 2 N–H and O–H groups in total. The van der Waals surface area contributed by atoms with Crippen LogP contribution in [0.2, 0.25) is 0 Å². The fourth-order valence-corrected chi connectivity index (χ4v) is 3.25. The molecule has 0 atom stereocenters. The van der Waals surface area contributed by atoms with Crippen LogP contribution < -0.4 is 0 Å². The number of carboxylic acid groups (broad SMARTS) is 2. The smallest absolute Gasteiger partial charge is 0.475 e. The molecular formula is C24H27F6N3O5. The van der Waals surface area contributed by atoms with Gasteiger partial charge in [0, 0.05) is 32.0 Å². The molecule has 1 aliphatic rings. The lowest BCUT2D eigenvalue weighted by molar-refractivity contribution is -0.193. The molecule has 14 heteroatoms. The number of aromatic nitrogens is 1. The molecule has 8 nitrogen and oxygen atoms in total. The van der Waals surface area contributed by atoms with Gasteiger partial charge in [0.15, 0.2) is 0 Å². The number of pyridine rings is 1. The van der Waals surface area contributed by atoms with Crippen LogP contribution in [0, 0.1) is 6.92 Å². The molecule has 0 bridgehead atoms. The van der Waals surface area contributed by atoms with Crippen LogP contribution in [0.15, 0.2) is 36.7 Å². The summed E-state index contributed by atoms with van der Waals surface area (Å²) in [5, 5.41) is 14.2. The van der Waals surface area contributed by atoms with Crippen molar-refractivity contribution in [2.75, 3.05) is 20.6 Å². The normalized spacial score (nSPS) is 12.9. The quantitative estimate of drug-likeness (QED) is 0.556. The molecule has 3 rings (SSSR count). The summed E-state index contributed by atoms with van der Waals surface area (Å²) in [6.07, 6.45) is -4.90. The van der Waals surface area contributed by atoms with Crippen LogP contribution in [-0.4, -0.2) is 75.8 Å². The molecule has 2 aromatic rings. The minimum absolute atomic E-state index is 0.197. The Kier molecular flexibility index (Phi) is 11.7. The van der Waals surface area contributed by atoms with Gasteiger partial charge in [-0.3, -0.25) is 9.78 Å². The summed E-state index contributed by atoms with van der Waals surface area (Å²) in [6, 6.07) is 8.21. The number of alkyl halides is 6. The third-order valence-electron chi connectivity index (χ3n) is 5.03. The van der Waals surface area contributed by atoms with Gasteiger partial charge in [-0.2, -0.15) is 26.3 Å². The number of aryl methyl sites for hydroxylation is 1. The maximum Gasteiger partial charge on any atom is 0.490 e. The van der Waals surface area contributed by atoms with Crippen molar-refractivity contribution in [1.29, 1.82) is 0 Å². The number of hydrogen-bond donors (Lipinski definition) is 2. The third kappa shape index (κ3) is 11.2. The van der Waals surface area contributed by atoms with E-state index in [0.717, 1.165) is 25.1 Å². The van der Waals surface area contributed by atoms with E-state index in [0.29, 0.717) is 13.0 Å². The first kappa shape index (κ1) is 32.3. The van der Waals surface area contributed by atoms with Crippen LogP contribution in [-0.2, 0) is 40.3 Å². The van der Waals surface area contributed by atoms with Crippen molar-refractivity contribution in [3.63, 3.8) is 0 Å². The van der Waals surface area contributed by atoms with Gasteiger partial charge in [0.1, 0.15) is 0 Å². The summed E-state index contributed by atoms with van der Waals surface area (Å²) in [7, 11) is 4.14. The second-order valence-corrected chi connectivity index (χ2v) is 8.51. The lowest BCUT2D eigenvalue weighted by Gasteiger charge is -2.30. The Bertz CT molecular complexity index is 1080. The Balaban J connectivity index is 0.000000426. The summed E-state index contributed by atoms with van der Waals surface area (Å²) >= 11 is 0. The summed E-state index contributed by atoms with van der Waals surface area (Å²) in [5.74, 6) is -5.32. The Labute approximate surface area is 214 Å². The molecule has 1 aromatic heterocycles. The number of carbonyl (C=O) groups is 3. The van der Waals surface area contributed by atoms with Gasteiger partial charge in [-0.15, -0.1) is 0 Å². The highest BCUT2D eigenvalue weighted by atomic mass is 19.4. The van der Waals surface area contributed by atoms with Crippen molar-refractivity contribution in [1.82, 2.24) is 14.8 Å². The lowest BCUT2D eigenvalue weighted by atomic mass is 9.96. The summed E-state index contributed by atoms with van der Waals surface area (Å²) in [5.41, 5.74) is 6.15. The summed E-state index contributed by atoms with van der Waals surface area (Å²) in [6.45, 7) is 4.43. The van der Waals surface area contributed by atoms with E-state index >= 15 is 0 Å². The second kappa shape index (κ2) is 13.7. The number of rotatable bonds is 4. The van der Waals surface area contributed by atoms with Gasteiger partial charge in [-0.05, 0) is 49.7 Å². The van der Waals surface area contributed by atoms with Crippen molar-refractivity contribution in [2.45, 2.75) is 45.2 Å². The average molecular weight is 551 g/mol. The fraction of sp³-hybridized carbons (Fsp3) is 0.417. The largest absolute Gasteiger partial charge is 0.490 e. The van der Waals surface area contributed by atoms with Crippen molar-refractivity contribution in [3.8, 4) is 0 Å². The molecule has 2 heterocycles. The average Bonchev–Trinajstić information content (AvgIpc) is 2.79. The molecule has 0 radical (unpaired) electrons. The maximum atomic E-state index is 12.6. The van der Waals surface area contributed by atoms with E-state index in [1.165, 1.54) is 22.3 Å². The number of halogens is 6. The SMILES string of the molecule is Cc1ccc(CC(=O)N2CCc3c(CN(C)C)cncc3C2)cc1.O=C(O)C(F)(F)F.O=C(O)C(F)(F)F. The molecule has 1 aromatic carbocycles. The first-order valence-corrected chi connectivity index (χ1v) is 10.9. The van der Waals surface area contributed by atoms with E-state index in [4.69, 9.17) is 19.8 Å². The van der Waals surface area contributed by atoms with E-state index in [-0.39, 0.29) is 5.91 Å². The van der Waals surface area contributed by atoms with Crippen LogP contribution in [0.5, 0.6) is 0 Å². The zero-order valence-corrected chi connectivity index (χ0v) is 20.7. The number of carbonyl (C=O) groups excluding carboxylic acids is 1. The number of nitrogens with zero attached hydrogens (tertiary/aromatic N) is 3. The first-order chi connectivity index (χ1) is 17.4. The summed E-state index contributed by atoms with van der Waals surface area (Å²) in [4.78, 5) is 38.9. The summed E-state index contributed by atoms with van der Waals surface area (Å²) < 4.78 is 63.5. The lowest BCUT2D eigenvalue weighted by Crippen LogP contribution is -2.37. The minimum Gasteiger partial charge on any atom is -0.475 e. The molecule has 0 spiro atoms. The van der Waals surface area contributed by atoms with E-state index < -0.39 is 24.3 Å². The van der Waals surface area contributed by atoms with Crippen molar-refractivity contribution >= 4 is 17.8 Å². The topological polar surface area (TPSA) is 111 Å². The maximum absolute atomic E-state index is 12.6. The molecule has 0 fully saturated rings. The first-order valence-electron chi connectivity index (χ1n) is 10.9. The minimum atomic E-state index is -5.08. The van der Waals surface area contributed by atoms with E-state index in [1.807, 2.05) is 29.4 Å². The van der Waals surface area contributed by atoms with Gasteiger partial charge in [-0.1, -0.05) is 29.8 Å². The Morgan fingerprint density at radius 3 is 1.89 bits per heavy atom. The molecule has 0 saturated heterocycles. The Morgan fingerprint density at radius 1 is 0.947 bits per heavy atom. The van der Waals surface area contributed by atoms with Crippen molar-refractivity contribution < 1.29 is 50.9 Å². The van der Waals surface area contributed by atoms with Gasteiger partial charge < -0.3 is 20.0 Å². The van der Waals surface area contributed by atoms with Gasteiger partial charge >= 0.3 is 24.3 Å². The Morgan fingerprint density at radius 2 is 1.45 bits per heavy atom. The van der Waals surface area contributed by atoms with Crippen LogP contribution in [0.4, 0.5) is 26.3 Å². The third-order valence-corrected chi connectivity index (χ3v) is 5.03. The molecule has 0 unspecified atom stereocenters.